The van der Waals surface area contributed by atoms with Crippen LogP contribution in [0.3, 0.4) is 0 Å². The summed E-state index contributed by atoms with van der Waals surface area (Å²) in [4.78, 5) is 14.5. The number of halogens is 1. The van der Waals surface area contributed by atoms with Crippen LogP contribution in [0.1, 0.15) is 30.0 Å². The number of amides is 2. The molecule has 0 aromatic heterocycles. The minimum Gasteiger partial charge on any atom is -0.317 e. The molecule has 1 saturated heterocycles. The van der Waals surface area contributed by atoms with E-state index < -0.39 is 0 Å². The molecular formula is C18H19ClN2O. The van der Waals surface area contributed by atoms with E-state index >= 15 is 0 Å². The number of nitrogens with zero attached hydrogens (tertiary/aromatic N) is 1. The van der Waals surface area contributed by atoms with Gasteiger partial charge in [-0.05, 0) is 43.0 Å². The van der Waals surface area contributed by atoms with Gasteiger partial charge in [-0.15, -0.1) is 0 Å². The monoisotopic (exact) mass is 314 g/mol. The summed E-state index contributed by atoms with van der Waals surface area (Å²) in [5, 5.41) is 3.48. The van der Waals surface area contributed by atoms with Gasteiger partial charge in [0.2, 0.25) is 0 Å². The number of nitrogens with one attached hydrogen (secondary N) is 1. The third-order valence-electron chi connectivity index (χ3n) is 4.18. The molecule has 0 aliphatic carbocycles. The van der Waals surface area contributed by atoms with Crippen molar-refractivity contribution in [3.63, 3.8) is 0 Å². The highest BCUT2D eigenvalue weighted by molar-refractivity contribution is 6.33. The topological polar surface area (TPSA) is 32.3 Å². The van der Waals surface area contributed by atoms with E-state index in [2.05, 4.69) is 24.4 Å². The highest BCUT2D eigenvalue weighted by atomic mass is 35.5. The molecule has 0 saturated carbocycles. The minimum absolute atomic E-state index is 0.0844. The summed E-state index contributed by atoms with van der Waals surface area (Å²) in [5.74, 6) is 0. The van der Waals surface area contributed by atoms with Crippen LogP contribution >= 0.6 is 11.6 Å². The largest absolute Gasteiger partial charge is 0.322 e. The van der Waals surface area contributed by atoms with Gasteiger partial charge in [0.15, 0.2) is 0 Å². The second-order valence-electron chi connectivity index (χ2n) is 5.62. The van der Waals surface area contributed by atoms with Crippen LogP contribution < -0.4 is 5.32 Å². The van der Waals surface area contributed by atoms with Gasteiger partial charge in [0.1, 0.15) is 0 Å². The number of hydrogen-bond acceptors (Lipinski definition) is 1. The van der Waals surface area contributed by atoms with Crippen molar-refractivity contribution in [3.05, 3.63) is 64.7 Å². The fraction of sp³-hybridized carbons (Fsp3) is 0.278. The first kappa shape index (κ1) is 14.9. The molecule has 1 atom stereocenters. The molecule has 3 nitrogen and oxygen atoms in total. The number of benzene rings is 2. The number of likely N-dealkylation sites (tertiary alicyclic amines) is 1. The summed E-state index contributed by atoms with van der Waals surface area (Å²) < 4.78 is 0. The zero-order valence-corrected chi connectivity index (χ0v) is 13.3. The molecule has 1 N–H and O–H groups in total. The summed E-state index contributed by atoms with van der Waals surface area (Å²) in [5.41, 5.74) is 3.11. The Balaban J connectivity index is 1.80. The Kier molecular flexibility index (Phi) is 4.34. The summed E-state index contributed by atoms with van der Waals surface area (Å²) in [6.07, 6.45) is 2.02. The van der Waals surface area contributed by atoms with Gasteiger partial charge in [0, 0.05) is 6.54 Å². The van der Waals surface area contributed by atoms with E-state index in [4.69, 9.17) is 11.6 Å². The van der Waals surface area contributed by atoms with Crippen molar-refractivity contribution < 1.29 is 4.79 Å². The lowest BCUT2D eigenvalue weighted by Gasteiger charge is -2.26. The highest BCUT2D eigenvalue weighted by Crippen LogP contribution is 2.34. The fourth-order valence-corrected chi connectivity index (χ4v) is 3.23. The van der Waals surface area contributed by atoms with Crippen LogP contribution in [0.2, 0.25) is 5.02 Å². The fourth-order valence-electron chi connectivity index (χ4n) is 3.04. The lowest BCUT2D eigenvalue weighted by Crippen LogP contribution is -2.34. The highest BCUT2D eigenvalue weighted by Gasteiger charge is 2.30. The molecule has 1 heterocycles. The quantitative estimate of drug-likeness (QED) is 0.829. The number of anilines is 1. The zero-order valence-electron chi connectivity index (χ0n) is 12.6. The molecule has 0 unspecified atom stereocenters. The maximum absolute atomic E-state index is 12.6. The Morgan fingerprint density at radius 3 is 2.68 bits per heavy atom. The second kappa shape index (κ2) is 6.41. The van der Waals surface area contributed by atoms with E-state index in [1.807, 2.05) is 35.2 Å². The lowest BCUT2D eigenvalue weighted by molar-refractivity contribution is 0.207. The van der Waals surface area contributed by atoms with Crippen LogP contribution in [-0.4, -0.2) is 17.5 Å². The van der Waals surface area contributed by atoms with Crippen LogP contribution in [0, 0.1) is 6.92 Å². The average Bonchev–Trinajstić information content (AvgIpc) is 2.99. The number of aryl methyl sites for hydroxylation is 1. The van der Waals surface area contributed by atoms with Crippen LogP contribution in [0.4, 0.5) is 10.5 Å². The van der Waals surface area contributed by atoms with E-state index in [0.717, 1.165) is 19.4 Å². The standard InChI is InChI=1S/C18H19ClN2O/c1-13-7-2-3-8-14(13)17-11-6-12-21(17)18(22)20-16-10-5-4-9-15(16)19/h2-5,7-10,17H,6,11-12H2,1H3,(H,20,22)/t17-/m0/s1. The molecule has 114 valence electrons. The van der Waals surface area contributed by atoms with Crippen molar-refractivity contribution >= 4 is 23.3 Å². The molecule has 2 amide bonds. The number of carbonyl (C=O) groups excluding carboxylic acids is 1. The van der Waals surface area contributed by atoms with Crippen molar-refractivity contribution in [3.8, 4) is 0 Å². The number of hydrogen-bond donors (Lipinski definition) is 1. The third kappa shape index (κ3) is 2.95. The molecular weight excluding hydrogens is 296 g/mol. The van der Waals surface area contributed by atoms with Gasteiger partial charge in [0.25, 0.3) is 0 Å². The summed E-state index contributed by atoms with van der Waals surface area (Å²) in [6.45, 7) is 2.87. The molecule has 1 fully saturated rings. The van der Waals surface area contributed by atoms with Gasteiger partial charge in [0.05, 0.1) is 16.8 Å². The van der Waals surface area contributed by atoms with Gasteiger partial charge in [-0.25, -0.2) is 4.79 Å². The van der Waals surface area contributed by atoms with E-state index in [9.17, 15) is 4.79 Å². The molecule has 2 aromatic carbocycles. The SMILES string of the molecule is Cc1ccccc1[C@@H]1CCCN1C(=O)Nc1ccccc1Cl. The molecule has 0 bridgehead atoms. The predicted octanol–water partition coefficient (Wildman–Crippen LogP) is 5.02. The Morgan fingerprint density at radius 2 is 1.91 bits per heavy atom. The van der Waals surface area contributed by atoms with Gasteiger partial charge < -0.3 is 10.2 Å². The van der Waals surface area contributed by atoms with Gasteiger partial charge in [-0.3, -0.25) is 0 Å². The Labute approximate surface area is 135 Å². The van der Waals surface area contributed by atoms with Crippen LogP contribution in [-0.2, 0) is 0 Å². The van der Waals surface area contributed by atoms with Crippen molar-refractivity contribution in [1.29, 1.82) is 0 Å². The first-order valence-electron chi connectivity index (χ1n) is 7.54. The Morgan fingerprint density at radius 1 is 1.18 bits per heavy atom. The zero-order chi connectivity index (χ0) is 15.5. The maximum atomic E-state index is 12.6. The Bertz CT molecular complexity index is 686. The van der Waals surface area contributed by atoms with Crippen molar-refractivity contribution in [2.24, 2.45) is 0 Å². The molecule has 3 rings (SSSR count). The van der Waals surface area contributed by atoms with Crippen molar-refractivity contribution in [2.75, 3.05) is 11.9 Å². The molecule has 2 aromatic rings. The second-order valence-corrected chi connectivity index (χ2v) is 6.03. The van der Waals surface area contributed by atoms with E-state index in [-0.39, 0.29) is 12.1 Å². The normalized spacial score (nSPS) is 17.5. The lowest BCUT2D eigenvalue weighted by atomic mass is 9.99. The van der Waals surface area contributed by atoms with Gasteiger partial charge in [-0.2, -0.15) is 0 Å². The maximum Gasteiger partial charge on any atom is 0.322 e. The first-order chi connectivity index (χ1) is 10.7. The number of urea groups is 1. The molecule has 22 heavy (non-hydrogen) atoms. The van der Waals surface area contributed by atoms with Gasteiger partial charge in [-0.1, -0.05) is 48.0 Å². The molecule has 1 aliphatic heterocycles. The minimum atomic E-state index is -0.0844. The number of carbonyl (C=O) groups is 1. The van der Waals surface area contributed by atoms with E-state index in [0.29, 0.717) is 10.7 Å². The van der Waals surface area contributed by atoms with Crippen molar-refractivity contribution in [2.45, 2.75) is 25.8 Å². The third-order valence-corrected chi connectivity index (χ3v) is 4.51. The molecule has 1 aliphatic rings. The molecule has 0 spiro atoms. The number of para-hydroxylation sites is 1. The summed E-state index contributed by atoms with van der Waals surface area (Å²) in [7, 11) is 0. The molecule has 4 heteroatoms. The first-order valence-corrected chi connectivity index (χ1v) is 7.92. The van der Waals surface area contributed by atoms with Crippen LogP contribution in [0.25, 0.3) is 0 Å². The van der Waals surface area contributed by atoms with Gasteiger partial charge >= 0.3 is 6.03 Å². The van der Waals surface area contributed by atoms with Crippen molar-refractivity contribution in [1.82, 2.24) is 4.90 Å². The van der Waals surface area contributed by atoms with Crippen LogP contribution in [0.5, 0.6) is 0 Å². The summed E-state index contributed by atoms with van der Waals surface area (Å²) >= 11 is 6.12. The van der Waals surface area contributed by atoms with E-state index in [1.54, 1.807) is 6.07 Å². The average molecular weight is 315 g/mol. The number of rotatable bonds is 2. The molecule has 0 radical (unpaired) electrons. The Hall–Kier alpha value is -2.00. The smallest absolute Gasteiger partial charge is 0.317 e. The predicted molar refractivity (Wildman–Crippen MR) is 90.3 cm³/mol. The van der Waals surface area contributed by atoms with E-state index in [1.165, 1.54) is 11.1 Å². The summed E-state index contributed by atoms with van der Waals surface area (Å²) in [6, 6.07) is 15.6. The van der Waals surface area contributed by atoms with Crippen LogP contribution in [0.15, 0.2) is 48.5 Å².